The summed E-state index contributed by atoms with van der Waals surface area (Å²) in [6.07, 6.45) is 3.01. The predicted molar refractivity (Wildman–Crippen MR) is 53.5 cm³/mol. The van der Waals surface area contributed by atoms with Crippen molar-refractivity contribution in [2.24, 2.45) is 5.73 Å². The monoisotopic (exact) mass is 287 g/mol. The summed E-state index contributed by atoms with van der Waals surface area (Å²) in [6, 6.07) is -0.578. The van der Waals surface area contributed by atoms with Gasteiger partial charge in [0.25, 0.3) is 0 Å². The lowest BCUT2D eigenvalue weighted by atomic mass is 9.95. The van der Waals surface area contributed by atoms with Crippen molar-refractivity contribution in [3.63, 3.8) is 0 Å². The van der Waals surface area contributed by atoms with Gasteiger partial charge in [0, 0.05) is 8.61 Å². The quantitative estimate of drug-likeness (QED) is 0.681. The smallest absolute Gasteiger partial charge is 0.147 e. The highest BCUT2D eigenvalue weighted by Crippen LogP contribution is 2.33. The molecule has 0 saturated carbocycles. The molecule has 11 heavy (non-hydrogen) atoms. The minimum atomic E-state index is -1.51. The van der Waals surface area contributed by atoms with Crippen LogP contribution < -0.4 is 5.73 Å². The molecule has 2 unspecified atom stereocenters. The Balaban J connectivity index is 3.01. The van der Waals surface area contributed by atoms with E-state index in [9.17, 15) is 4.39 Å². The number of rotatable bonds is 0. The van der Waals surface area contributed by atoms with Crippen LogP contribution in [0, 0.1) is 0 Å². The van der Waals surface area contributed by atoms with Crippen molar-refractivity contribution in [3.8, 4) is 0 Å². The van der Waals surface area contributed by atoms with Gasteiger partial charge in [-0.25, -0.2) is 4.39 Å². The Morgan fingerprint density at radius 1 is 1.82 bits per heavy atom. The molecule has 0 amide bonds. The summed E-state index contributed by atoms with van der Waals surface area (Å²) in [7, 11) is 0. The Hall–Kier alpha value is 0.390. The highest BCUT2D eigenvalue weighted by molar-refractivity contribution is 14.1. The number of halogens is 3. The number of allylic oxidation sites excluding steroid dienone is 2. The molecular formula is C7H8ClFIN. The highest BCUT2D eigenvalue weighted by atomic mass is 127. The molecule has 0 aromatic carbocycles. The van der Waals surface area contributed by atoms with E-state index in [1.54, 1.807) is 6.08 Å². The molecule has 0 saturated heterocycles. The van der Waals surface area contributed by atoms with E-state index >= 15 is 0 Å². The average molecular weight is 288 g/mol. The summed E-state index contributed by atoms with van der Waals surface area (Å²) < 4.78 is 14.2. The third kappa shape index (κ3) is 1.95. The minimum Gasteiger partial charge on any atom is -0.321 e. The summed E-state index contributed by atoms with van der Waals surface area (Å²) in [5.74, 6) is 0. The van der Waals surface area contributed by atoms with Gasteiger partial charge in [-0.1, -0.05) is 11.6 Å². The standard InChI is InChI=1S/C7H8ClFIN/c1-7(9)3-4(8)2-5(10)6(7)11/h2-3,6H,11H2,1H3. The number of alkyl halides is 1. The topological polar surface area (TPSA) is 26.0 Å². The molecular weight excluding hydrogens is 279 g/mol. The minimum absolute atomic E-state index is 0.418. The SMILES string of the molecule is CC1(F)C=C(Cl)C=C(I)C1N. The predicted octanol–water partition coefficient (Wildman–Crippen LogP) is 2.50. The largest absolute Gasteiger partial charge is 0.321 e. The van der Waals surface area contributed by atoms with Crippen molar-refractivity contribution in [2.75, 3.05) is 0 Å². The van der Waals surface area contributed by atoms with Crippen molar-refractivity contribution in [1.29, 1.82) is 0 Å². The number of hydrogen-bond donors (Lipinski definition) is 1. The van der Waals surface area contributed by atoms with Crippen LogP contribution in [0.15, 0.2) is 20.8 Å². The van der Waals surface area contributed by atoms with Crippen molar-refractivity contribution in [3.05, 3.63) is 20.8 Å². The van der Waals surface area contributed by atoms with Crippen LogP contribution in [-0.2, 0) is 0 Å². The van der Waals surface area contributed by atoms with Gasteiger partial charge < -0.3 is 5.73 Å². The molecule has 0 aromatic rings. The van der Waals surface area contributed by atoms with Gasteiger partial charge in [-0.3, -0.25) is 0 Å². The summed E-state index contributed by atoms with van der Waals surface area (Å²) in [4.78, 5) is 0. The molecule has 0 fully saturated rings. The Morgan fingerprint density at radius 2 is 2.36 bits per heavy atom. The van der Waals surface area contributed by atoms with E-state index in [4.69, 9.17) is 17.3 Å². The number of nitrogens with two attached hydrogens (primary N) is 1. The Morgan fingerprint density at radius 3 is 2.82 bits per heavy atom. The lowest BCUT2D eigenvalue weighted by Gasteiger charge is -2.27. The van der Waals surface area contributed by atoms with E-state index in [1.165, 1.54) is 13.0 Å². The normalized spacial score (nSPS) is 38.1. The molecule has 0 heterocycles. The van der Waals surface area contributed by atoms with Crippen molar-refractivity contribution in [1.82, 2.24) is 0 Å². The van der Waals surface area contributed by atoms with Gasteiger partial charge in [-0.05, 0) is 41.7 Å². The molecule has 0 radical (unpaired) electrons. The summed E-state index contributed by atoms with van der Waals surface area (Å²) in [5, 5.41) is 0.418. The zero-order chi connectivity index (χ0) is 8.65. The molecule has 2 N–H and O–H groups in total. The first kappa shape index (κ1) is 9.48. The molecule has 62 valence electrons. The Labute approximate surface area is 83.6 Å². The molecule has 1 aliphatic rings. The molecule has 4 heteroatoms. The van der Waals surface area contributed by atoms with Crippen LogP contribution in [0.5, 0.6) is 0 Å². The lowest BCUT2D eigenvalue weighted by Crippen LogP contribution is -2.42. The first-order valence-electron chi connectivity index (χ1n) is 3.13. The molecule has 2 atom stereocenters. The molecule has 1 rings (SSSR count). The second kappa shape index (κ2) is 3.03. The summed E-state index contributed by atoms with van der Waals surface area (Å²) >= 11 is 7.64. The fraction of sp³-hybridized carbons (Fsp3) is 0.429. The van der Waals surface area contributed by atoms with E-state index in [1.807, 2.05) is 22.6 Å². The fourth-order valence-electron chi connectivity index (χ4n) is 0.892. The van der Waals surface area contributed by atoms with E-state index in [0.29, 0.717) is 5.03 Å². The first-order chi connectivity index (χ1) is 4.93. The second-order valence-corrected chi connectivity index (χ2v) is 4.37. The van der Waals surface area contributed by atoms with Crippen LogP contribution in [-0.4, -0.2) is 11.7 Å². The molecule has 0 aliphatic heterocycles. The van der Waals surface area contributed by atoms with Crippen molar-refractivity contribution < 1.29 is 4.39 Å². The summed E-state index contributed by atoms with van der Waals surface area (Å²) in [6.45, 7) is 1.42. The lowest BCUT2D eigenvalue weighted by molar-refractivity contribution is 0.230. The van der Waals surface area contributed by atoms with Crippen molar-refractivity contribution in [2.45, 2.75) is 18.6 Å². The van der Waals surface area contributed by atoms with Crippen molar-refractivity contribution >= 4 is 34.2 Å². The molecule has 0 bridgehead atoms. The van der Waals surface area contributed by atoms with E-state index in [0.717, 1.165) is 3.58 Å². The highest BCUT2D eigenvalue weighted by Gasteiger charge is 2.33. The van der Waals surface area contributed by atoms with Crippen LogP contribution >= 0.6 is 34.2 Å². The molecule has 1 nitrogen and oxygen atoms in total. The molecule has 1 aliphatic carbocycles. The Kier molecular flexibility index (Phi) is 2.61. The van der Waals surface area contributed by atoms with Crippen LogP contribution in [0.1, 0.15) is 6.92 Å². The van der Waals surface area contributed by atoms with Gasteiger partial charge in [-0.15, -0.1) is 0 Å². The number of hydrogen-bond acceptors (Lipinski definition) is 1. The molecule has 0 spiro atoms. The fourth-order valence-corrected chi connectivity index (χ4v) is 2.35. The van der Waals surface area contributed by atoms with Crippen LogP contribution in [0.3, 0.4) is 0 Å². The van der Waals surface area contributed by atoms with Gasteiger partial charge >= 0.3 is 0 Å². The van der Waals surface area contributed by atoms with E-state index in [2.05, 4.69) is 0 Å². The second-order valence-electron chi connectivity index (χ2n) is 2.69. The van der Waals surface area contributed by atoms with Gasteiger partial charge in [0.05, 0.1) is 6.04 Å². The van der Waals surface area contributed by atoms with Crippen LogP contribution in [0.4, 0.5) is 4.39 Å². The first-order valence-corrected chi connectivity index (χ1v) is 4.59. The summed E-state index contributed by atoms with van der Waals surface area (Å²) in [5.41, 5.74) is 4.05. The third-order valence-corrected chi connectivity index (χ3v) is 2.80. The Bertz CT molecular complexity index is 235. The average Bonchev–Trinajstić information content (AvgIpc) is 1.81. The third-order valence-electron chi connectivity index (χ3n) is 1.60. The van der Waals surface area contributed by atoms with Gasteiger partial charge in [0.15, 0.2) is 0 Å². The zero-order valence-corrected chi connectivity index (χ0v) is 8.86. The molecule has 0 aromatic heterocycles. The van der Waals surface area contributed by atoms with Crippen LogP contribution in [0.2, 0.25) is 0 Å². The maximum atomic E-state index is 13.4. The van der Waals surface area contributed by atoms with Gasteiger partial charge in [0.1, 0.15) is 5.67 Å². The zero-order valence-electron chi connectivity index (χ0n) is 5.94. The van der Waals surface area contributed by atoms with E-state index in [-0.39, 0.29) is 0 Å². The van der Waals surface area contributed by atoms with Crippen LogP contribution in [0.25, 0.3) is 0 Å². The van der Waals surface area contributed by atoms with Gasteiger partial charge in [0.2, 0.25) is 0 Å². The van der Waals surface area contributed by atoms with E-state index < -0.39 is 11.7 Å². The maximum Gasteiger partial charge on any atom is 0.147 e. The maximum absolute atomic E-state index is 13.4. The van der Waals surface area contributed by atoms with Gasteiger partial charge in [-0.2, -0.15) is 0 Å².